The summed E-state index contributed by atoms with van der Waals surface area (Å²) < 4.78 is 15.4. The van der Waals surface area contributed by atoms with Gasteiger partial charge in [-0.1, -0.05) is 31.5 Å². The third-order valence-corrected chi connectivity index (χ3v) is 3.12. The summed E-state index contributed by atoms with van der Waals surface area (Å²) >= 11 is 5.81. The molecule has 0 saturated carbocycles. The van der Waals surface area contributed by atoms with Gasteiger partial charge in [0.1, 0.15) is 5.82 Å². The molecule has 0 atom stereocenters. The van der Waals surface area contributed by atoms with Crippen LogP contribution in [0.3, 0.4) is 0 Å². The number of nitrogens with one attached hydrogen (secondary N) is 1. The number of aromatic nitrogens is 2. The van der Waals surface area contributed by atoms with Crippen LogP contribution in [0.25, 0.3) is 0 Å². The molecule has 0 unspecified atom stereocenters. The van der Waals surface area contributed by atoms with E-state index >= 15 is 0 Å². The molecule has 0 aliphatic carbocycles. The van der Waals surface area contributed by atoms with Gasteiger partial charge in [-0.25, -0.2) is 4.39 Å². The first kappa shape index (κ1) is 15.0. The Labute approximate surface area is 123 Å². The molecule has 2 rings (SSSR count). The van der Waals surface area contributed by atoms with Gasteiger partial charge in [0.15, 0.2) is 0 Å². The van der Waals surface area contributed by atoms with Crippen molar-refractivity contribution in [1.29, 1.82) is 0 Å². The Bertz CT molecular complexity index is 566. The number of halogens is 2. The van der Waals surface area contributed by atoms with Gasteiger partial charge in [0.25, 0.3) is 0 Å². The molecular weight excluding hydrogens is 277 g/mol. The van der Waals surface area contributed by atoms with Crippen molar-refractivity contribution in [3.8, 4) is 0 Å². The molecule has 1 heterocycles. The van der Waals surface area contributed by atoms with Gasteiger partial charge in [-0.05, 0) is 30.2 Å². The van der Waals surface area contributed by atoms with Crippen LogP contribution >= 0.6 is 11.6 Å². The van der Waals surface area contributed by atoms with Gasteiger partial charge in [0.05, 0.1) is 17.8 Å². The summed E-state index contributed by atoms with van der Waals surface area (Å²) in [7, 11) is 0. The fourth-order valence-electron chi connectivity index (χ4n) is 1.96. The van der Waals surface area contributed by atoms with Gasteiger partial charge < -0.3 is 5.32 Å². The van der Waals surface area contributed by atoms with E-state index in [1.807, 2.05) is 12.1 Å². The minimum absolute atomic E-state index is 0.218. The predicted octanol–water partition coefficient (Wildman–Crippen LogP) is 3.47. The van der Waals surface area contributed by atoms with E-state index in [0.717, 1.165) is 18.7 Å². The molecule has 0 fully saturated rings. The Morgan fingerprint density at radius 1 is 1.40 bits per heavy atom. The maximum atomic E-state index is 13.8. The first-order chi connectivity index (χ1) is 9.54. The van der Waals surface area contributed by atoms with E-state index in [0.29, 0.717) is 23.0 Å². The third kappa shape index (κ3) is 4.32. The van der Waals surface area contributed by atoms with Crippen molar-refractivity contribution in [1.82, 2.24) is 15.1 Å². The molecule has 0 aliphatic heterocycles. The minimum atomic E-state index is -0.218. The second-order valence-corrected chi connectivity index (χ2v) is 5.74. The Hall–Kier alpha value is -1.39. The van der Waals surface area contributed by atoms with Crippen LogP contribution in [-0.2, 0) is 13.1 Å². The van der Waals surface area contributed by atoms with E-state index in [1.165, 1.54) is 6.07 Å². The zero-order chi connectivity index (χ0) is 14.5. The summed E-state index contributed by atoms with van der Waals surface area (Å²) in [5.41, 5.74) is 1.69. The van der Waals surface area contributed by atoms with Gasteiger partial charge in [-0.15, -0.1) is 0 Å². The molecule has 1 N–H and O–H groups in total. The zero-order valence-corrected chi connectivity index (χ0v) is 12.5. The third-order valence-electron chi connectivity index (χ3n) is 2.93. The van der Waals surface area contributed by atoms with Gasteiger partial charge in [-0.2, -0.15) is 5.10 Å². The van der Waals surface area contributed by atoms with Crippen LogP contribution in [0.4, 0.5) is 4.39 Å². The highest BCUT2D eigenvalue weighted by Gasteiger charge is 2.06. The maximum Gasteiger partial charge on any atom is 0.128 e. The van der Waals surface area contributed by atoms with Gasteiger partial charge >= 0.3 is 0 Å². The Balaban J connectivity index is 2.04. The van der Waals surface area contributed by atoms with Crippen molar-refractivity contribution >= 4 is 11.6 Å². The summed E-state index contributed by atoms with van der Waals surface area (Å²) in [6, 6.07) is 5.19. The van der Waals surface area contributed by atoms with E-state index < -0.39 is 0 Å². The number of hydrogen-bond acceptors (Lipinski definition) is 2. The van der Waals surface area contributed by atoms with Gasteiger partial charge in [-0.3, -0.25) is 4.68 Å². The molecule has 0 saturated heterocycles. The minimum Gasteiger partial charge on any atom is -0.312 e. The molecular formula is C15H19ClFN3. The normalized spacial score (nSPS) is 11.2. The summed E-state index contributed by atoms with van der Waals surface area (Å²) in [4.78, 5) is 0. The average Bonchev–Trinajstić information content (AvgIpc) is 2.78. The quantitative estimate of drug-likeness (QED) is 0.884. The van der Waals surface area contributed by atoms with Crippen LogP contribution < -0.4 is 5.32 Å². The molecule has 1 aromatic heterocycles. The number of hydrogen-bond donors (Lipinski definition) is 1. The van der Waals surface area contributed by atoms with E-state index in [4.69, 9.17) is 11.6 Å². The summed E-state index contributed by atoms with van der Waals surface area (Å²) in [5, 5.41) is 7.98. The average molecular weight is 296 g/mol. The standard InChI is InChI=1S/C15H19ClFN3/c1-11(2)6-18-7-12-3-4-15(17)13(5-12)9-20-10-14(16)8-19-20/h3-5,8,10-11,18H,6-7,9H2,1-2H3. The van der Waals surface area contributed by atoms with Crippen LogP contribution in [0, 0.1) is 11.7 Å². The lowest BCUT2D eigenvalue weighted by atomic mass is 10.1. The first-order valence-corrected chi connectivity index (χ1v) is 7.08. The fourth-order valence-corrected chi connectivity index (χ4v) is 2.12. The topological polar surface area (TPSA) is 29.9 Å². The van der Waals surface area contributed by atoms with Crippen LogP contribution in [0.2, 0.25) is 5.02 Å². The SMILES string of the molecule is CC(C)CNCc1ccc(F)c(Cn2cc(Cl)cn2)c1. The Morgan fingerprint density at radius 3 is 2.85 bits per heavy atom. The van der Waals surface area contributed by atoms with Gasteiger partial charge in [0, 0.05) is 18.3 Å². The molecule has 1 aromatic carbocycles. The highest BCUT2D eigenvalue weighted by atomic mass is 35.5. The van der Waals surface area contributed by atoms with E-state index in [-0.39, 0.29) is 5.82 Å². The summed E-state index contributed by atoms with van der Waals surface area (Å²) in [6.45, 7) is 6.39. The van der Waals surface area contributed by atoms with E-state index in [2.05, 4.69) is 24.3 Å². The monoisotopic (exact) mass is 295 g/mol. The molecule has 20 heavy (non-hydrogen) atoms. The number of benzene rings is 1. The molecule has 0 aliphatic rings. The molecule has 5 heteroatoms. The predicted molar refractivity (Wildman–Crippen MR) is 79.3 cm³/mol. The molecule has 0 radical (unpaired) electrons. The lowest BCUT2D eigenvalue weighted by molar-refractivity contribution is 0.549. The van der Waals surface area contributed by atoms with Crippen molar-refractivity contribution in [2.45, 2.75) is 26.9 Å². The van der Waals surface area contributed by atoms with Crippen LogP contribution in [0.1, 0.15) is 25.0 Å². The fraction of sp³-hybridized carbons (Fsp3) is 0.400. The van der Waals surface area contributed by atoms with Crippen molar-refractivity contribution in [2.24, 2.45) is 5.92 Å². The molecule has 0 spiro atoms. The Morgan fingerprint density at radius 2 is 2.20 bits per heavy atom. The van der Waals surface area contributed by atoms with Gasteiger partial charge in [0.2, 0.25) is 0 Å². The first-order valence-electron chi connectivity index (χ1n) is 6.70. The van der Waals surface area contributed by atoms with Crippen LogP contribution in [0.15, 0.2) is 30.6 Å². The summed E-state index contributed by atoms with van der Waals surface area (Å²) in [5.74, 6) is 0.380. The Kier molecular flexibility index (Phi) is 5.15. The molecule has 108 valence electrons. The number of rotatable bonds is 6. The number of nitrogens with zero attached hydrogens (tertiary/aromatic N) is 2. The van der Waals surface area contributed by atoms with Crippen molar-refractivity contribution in [3.63, 3.8) is 0 Å². The molecule has 2 aromatic rings. The van der Waals surface area contributed by atoms with Crippen LogP contribution in [-0.4, -0.2) is 16.3 Å². The molecule has 0 bridgehead atoms. The van der Waals surface area contributed by atoms with Crippen molar-refractivity contribution in [2.75, 3.05) is 6.54 Å². The molecule has 0 amide bonds. The maximum absolute atomic E-state index is 13.8. The van der Waals surface area contributed by atoms with Crippen molar-refractivity contribution in [3.05, 3.63) is 52.6 Å². The highest BCUT2D eigenvalue weighted by Crippen LogP contribution is 2.14. The van der Waals surface area contributed by atoms with E-state index in [9.17, 15) is 4.39 Å². The molecule has 3 nitrogen and oxygen atoms in total. The second-order valence-electron chi connectivity index (χ2n) is 5.31. The lowest BCUT2D eigenvalue weighted by Gasteiger charge is -2.10. The van der Waals surface area contributed by atoms with E-state index in [1.54, 1.807) is 17.1 Å². The second kappa shape index (κ2) is 6.86. The largest absolute Gasteiger partial charge is 0.312 e. The highest BCUT2D eigenvalue weighted by molar-refractivity contribution is 6.30. The zero-order valence-electron chi connectivity index (χ0n) is 11.7. The van der Waals surface area contributed by atoms with Crippen LogP contribution in [0.5, 0.6) is 0 Å². The summed E-state index contributed by atoms with van der Waals surface area (Å²) in [6.07, 6.45) is 3.23. The lowest BCUT2D eigenvalue weighted by Crippen LogP contribution is -2.19. The smallest absolute Gasteiger partial charge is 0.128 e. The van der Waals surface area contributed by atoms with Crippen molar-refractivity contribution < 1.29 is 4.39 Å².